The first-order valence-corrected chi connectivity index (χ1v) is 7.21. The lowest BCUT2D eigenvalue weighted by atomic mass is 10.1. The van der Waals surface area contributed by atoms with Crippen molar-refractivity contribution in [3.8, 4) is 0 Å². The van der Waals surface area contributed by atoms with E-state index in [0.29, 0.717) is 30.6 Å². The molecule has 7 nitrogen and oxygen atoms in total. The zero-order valence-electron chi connectivity index (χ0n) is 13.2. The van der Waals surface area contributed by atoms with E-state index in [1.807, 2.05) is 11.9 Å². The molecule has 0 saturated heterocycles. The van der Waals surface area contributed by atoms with Gasteiger partial charge in [-0.2, -0.15) is 0 Å². The fourth-order valence-corrected chi connectivity index (χ4v) is 1.93. The van der Waals surface area contributed by atoms with E-state index in [2.05, 4.69) is 5.32 Å². The maximum absolute atomic E-state index is 11.9. The molecule has 0 aliphatic rings. The molecule has 0 radical (unpaired) electrons. The first-order chi connectivity index (χ1) is 10.3. The summed E-state index contributed by atoms with van der Waals surface area (Å²) in [6.45, 7) is 4.77. The second-order valence-corrected chi connectivity index (χ2v) is 5.50. The molecule has 0 spiro atoms. The van der Waals surface area contributed by atoms with Gasteiger partial charge in [0.1, 0.15) is 0 Å². The van der Waals surface area contributed by atoms with Gasteiger partial charge in [-0.05, 0) is 38.9 Å². The van der Waals surface area contributed by atoms with Crippen LogP contribution in [0, 0.1) is 17.0 Å². The standard InChI is InChI=1S/C15H23N3O4/c1-11-10-13(18(21)22)4-5-14(11)16-15(20)7-9-17(3)8-6-12(2)19/h4-5,10,12,19H,6-9H2,1-3H3,(H,16,20). The van der Waals surface area contributed by atoms with Crippen molar-refractivity contribution >= 4 is 17.3 Å². The number of aliphatic hydroxyl groups excluding tert-OH is 1. The van der Waals surface area contributed by atoms with Crippen molar-refractivity contribution in [2.45, 2.75) is 32.8 Å². The number of nitro benzene ring substituents is 1. The first-order valence-electron chi connectivity index (χ1n) is 7.21. The molecule has 0 bridgehead atoms. The van der Waals surface area contributed by atoms with Crippen LogP contribution in [0.25, 0.3) is 0 Å². The third kappa shape index (κ3) is 6.19. The summed E-state index contributed by atoms with van der Waals surface area (Å²) in [5, 5.41) is 22.6. The van der Waals surface area contributed by atoms with E-state index in [4.69, 9.17) is 0 Å². The van der Waals surface area contributed by atoms with Gasteiger partial charge in [-0.1, -0.05) is 0 Å². The Kier molecular flexibility index (Phi) is 6.94. The smallest absolute Gasteiger partial charge is 0.269 e. The van der Waals surface area contributed by atoms with Crippen molar-refractivity contribution in [2.24, 2.45) is 0 Å². The van der Waals surface area contributed by atoms with Crippen molar-refractivity contribution < 1.29 is 14.8 Å². The van der Waals surface area contributed by atoms with Crippen molar-refractivity contribution in [3.05, 3.63) is 33.9 Å². The highest BCUT2D eigenvalue weighted by Crippen LogP contribution is 2.21. The molecule has 0 saturated carbocycles. The summed E-state index contributed by atoms with van der Waals surface area (Å²) in [4.78, 5) is 24.1. The number of nitrogens with zero attached hydrogens (tertiary/aromatic N) is 2. The van der Waals surface area contributed by atoms with E-state index >= 15 is 0 Å². The van der Waals surface area contributed by atoms with Crippen LogP contribution >= 0.6 is 0 Å². The summed E-state index contributed by atoms with van der Waals surface area (Å²) in [5.74, 6) is -0.138. The van der Waals surface area contributed by atoms with Crippen molar-refractivity contribution in [3.63, 3.8) is 0 Å². The number of non-ortho nitro benzene ring substituents is 1. The van der Waals surface area contributed by atoms with Crippen LogP contribution < -0.4 is 5.32 Å². The molecule has 0 aromatic heterocycles. The Morgan fingerprint density at radius 1 is 1.45 bits per heavy atom. The molecule has 1 aromatic carbocycles. The quantitative estimate of drug-likeness (QED) is 0.565. The van der Waals surface area contributed by atoms with E-state index < -0.39 is 4.92 Å². The molecule has 22 heavy (non-hydrogen) atoms. The SMILES string of the molecule is Cc1cc([N+](=O)[O-])ccc1NC(=O)CCN(C)CCC(C)O. The highest BCUT2D eigenvalue weighted by Gasteiger charge is 2.11. The largest absolute Gasteiger partial charge is 0.393 e. The molecule has 0 aliphatic carbocycles. The minimum atomic E-state index is -0.463. The monoisotopic (exact) mass is 309 g/mol. The average Bonchev–Trinajstić information content (AvgIpc) is 2.44. The summed E-state index contributed by atoms with van der Waals surface area (Å²) in [5.41, 5.74) is 1.25. The molecule has 1 rings (SSSR count). The zero-order valence-corrected chi connectivity index (χ0v) is 13.2. The second kappa shape index (κ2) is 8.45. The minimum Gasteiger partial charge on any atom is -0.393 e. The van der Waals surface area contributed by atoms with Crippen LogP contribution in [0.2, 0.25) is 0 Å². The Balaban J connectivity index is 2.47. The summed E-state index contributed by atoms with van der Waals surface area (Å²) in [6, 6.07) is 4.35. The molecular formula is C15H23N3O4. The van der Waals surface area contributed by atoms with Gasteiger partial charge in [-0.25, -0.2) is 0 Å². The summed E-state index contributed by atoms with van der Waals surface area (Å²) in [6.07, 6.45) is 0.644. The summed E-state index contributed by atoms with van der Waals surface area (Å²) >= 11 is 0. The van der Waals surface area contributed by atoms with Gasteiger partial charge in [0.25, 0.3) is 5.69 Å². The Labute approximate surface area is 130 Å². The van der Waals surface area contributed by atoms with E-state index in [-0.39, 0.29) is 17.7 Å². The van der Waals surface area contributed by atoms with Crippen LogP contribution in [0.4, 0.5) is 11.4 Å². The Morgan fingerprint density at radius 3 is 2.68 bits per heavy atom. The number of carbonyl (C=O) groups is 1. The third-order valence-electron chi connectivity index (χ3n) is 3.34. The number of hydrogen-bond acceptors (Lipinski definition) is 5. The molecule has 7 heteroatoms. The number of nitro groups is 1. The van der Waals surface area contributed by atoms with Gasteiger partial charge in [-0.15, -0.1) is 0 Å². The number of rotatable bonds is 8. The summed E-state index contributed by atoms with van der Waals surface area (Å²) < 4.78 is 0. The number of anilines is 1. The van der Waals surface area contributed by atoms with Crippen LogP contribution in [0.1, 0.15) is 25.3 Å². The van der Waals surface area contributed by atoms with Gasteiger partial charge in [-0.3, -0.25) is 14.9 Å². The highest BCUT2D eigenvalue weighted by atomic mass is 16.6. The van der Waals surface area contributed by atoms with Gasteiger partial charge in [0.05, 0.1) is 11.0 Å². The predicted molar refractivity (Wildman–Crippen MR) is 84.9 cm³/mol. The molecule has 1 atom stereocenters. The lowest BCUT2D eigenvalue weighted by Gasteiger charge is -2.17. The third-order valence-corrected chi connectivity index (χ3v) is 3.34. The molecule has 122 valence electrons. The number of benzene rings is 1. The van der Waals surface area contributed by atoms with Crippen LogP contribution in [0.3, 0.4) is 0 Å². The number of nitrogens with one attached hydrogen (secondary N) is 1. The van der Waals surface area contributed by atoms with E-state index in [9.17, 15) is 20.0 Å². The maximum Gasteiger partial charge on any atom is 0.269 e. The number of hydrogen-bond donors (Lipinski definition) is 2. The van der Waals surface area contributed by atoms with Gasteiger partial charge >= 0.3 is 0 Å². The Bertz CT molecular complexity index is 532. The number of carbonyl (C=O) groups excluding carboxylic acids is 1. The minimum absolute atomic E-state index is 0.00774. The van der Waals surface area contributed by atoms with Gasteiger partial charge in [0.2, 0.25) is 5.91 Å². The number of aliphatic hydroxyl groups is 1. The van der Waals surface area contributed by atoms with Crippen LogP contribution in [-0.2, 0) is 4.79 Å². The molecule has 1 unspecified atom stereocenters. The normalized spacial score (nSPS) is 12.2. The second-order valence-electron chi connectivity index (χ2n) is 5.50. The maximum atomic E-state index is 11.9. The fourth-order valence-electron chi connectivity index (χ4n) is 1.93. The Hall–Kier alpha value is -1.99. The molecule has 0 aliphatic heterocycles. The lowest BCUT2D eigenvalue weighted by Crippen LogP contribution is -2.27. The fraction of sp³-hybridized carbons (Fsp3) is 0.533. The van der Waals surface area contributed by atoms with E-state index in [0.717, 1.165) is 6.54 Å². The zero-order chi connectivity index (χ0) is 16.7. The van der Waals surface area contributed by atoms with Gasteiger partial charge < -0.3 is 15.3 Å². The molecular weight excluding hydrogens is 286 g/mol. The molecule has 2 N–H and O–H groups in total. The lowest BCUT2D eigenvalue weighted by molar-refractivity contribution is -0.384. The molecule has 1 amide bonds. The summed E-state index contributed by atoms with van der Waals surface area (Å²) in [7, 11) is 1.90. The number of amides is 1. The van der Waals surface area contributed by atoms with Crippen molar-refractivity contribution in [1.82, 2.24) is 4.90 Å². The molecule has 1 aromatic rings. The van der Waals surface area contributed by atoms with E-state index in [1.54, 1.807) is 19.9 Å². The van der Waals surface area contributed by atoms with Gasteiger partial charge in [0.15, 0.2) is 0 Å². The topological polar surface area (TPSA) is 95.7 Å². The van der Waals surface area contributed by atoms with Crippen LogP contribution in [0.5, 0.6) is 0 Å². The Morgan fingerprint density at radius 2 is 2.14 bits per heavy atom. The van der Waals surface area contributed by atoms with Gasteiger partial charge in [0, 0.05) is 37.3 Å². The van der Waals surface area contributed by atoms with Crippen LogP contribution in [-0.4, -0.2) is 47.1 Å². The van der Waals surface area contributed by atoms with Crippen molar-refractivity contribution in [1.29, 1.82) is 0 Å². The van der Waals surface area contributed by atoms with Crippen molar-refractivity contribution in [2.75, 3.05) is 25.5 Å². The number of aryl methyl sites for hydroxylation is 1. The van der Waals surface area contributed by atoms with E-state index in [1.165, 1.54) is 12.1 Å². The molecule has 0 fully saturated rings. The van der Waals surface area contributed by atoms with Crippen LogP contribution in [0.15, 0.2) is 18.2 Å². The first kappa shape index (κ1) is 18.1. The highest BCUT2D eigenvalue weighted by molar-refractivity contribution is 5.91. The predicted octanol–water partition coefficient (Wildman–Crippen LogP) is 1.93. The molecule has 0 heterocycles. The average molecular weight is 309 g/mol.